The molecule has 5 atom stereocenters. The van der Waals surface area contributed by atoms with Gasteiger partial charge in [-0.25, -0.2) is 0 Å². The molecule has 38 heavy (non-hydrogen) atoms. The summed E-state index contributed by atoms with van der Waals surface area (Å²) in [4.78, 5) is 2.59. The number of nitrogens with zero attached hydrogens (tertiary/aromatic N) is 1. The molecule has 0 spiro atoms. The Hall–Kier alpha value is -3.82. The topological polar surface area (TPSA) is 32.7 Å². The van der Waals surface area contributed by atoms with Crippen molar-refractivity contribution >= 4 is 33.7 Å². The van der Waals surface area contributed by atoms with Gasteiger partial charge < -0.3 is 9.84 Å². The van der Waals surface area contributed by atoms with Crippen molar-refractivity contribution in [2.45, 2.75) is 31.9 Å². The predicted molar refractivity (Wildman–Crippen MR) is 159 cm³/mol. The van der Waals surface area contributed by atoms with Crippen LogP contribution in [0.15, 0.2) is 97.6 Å². The van der Waals surface area contributed by atoms with Crippen molar-refractivity contribution in [2.24, 2.45) is 11.8 Å². The first-order valence-corrected chi connectivity index (χ1v) is 13.7. The highest BCUT2D eigenvalue weighted by Crippen LogP contribution is 2.41. The average molecular weight is 502 g/mol. The molecule has 0 radical (unpaired) electrons. The van der Waals surface area contributed by atoms with Crippen LogP contribution in [-0.2, 0) is 0 Å². The second-order valence-electron chi connectivity index (χ2n) is 10.7. The lowest BCUT2D eigenvalue weighted by molar-refractivity contribution is -0.0182. The van der Waals surface area contributed by atoms with E-state index in [-0.39, 0.29) is 17.9 Å². The first-order chi connectivity index (χ1) is 18.6. The predicted octanol–water partition coefficient (Wildman–Crippen LogP) is 6.18. The number of phenols is 1. The van der Waals surface area contributed by atoms with Gasteiger partial charge >= 0.3 is 0 Å². The van der Waals surface area contributed by atoms with Crippen molar-refractivity contribution in [3.63, 3.8) is 0 Å². The number of piperidine rings is 3. The molecule has 2 bridgehead atoms. The van der Waals surface area contributed by atoms with Crippen molar-refractivity contribution in [2.75, 3.05) is 13.1 Å². The number of ether oxygens (including phenoxy) is 1. The molecule has 3 fully saturated rings. The normalized spacial score (nSPS) is 24.6. The molecule has 1 N–H and O–H groups in total. The largest absolute Gasteiger partial charge is 0.508 e. The Morgan fingerprint density at radius 1 is 1.03 bits per heavy atom. The summed E-state index contributed by atoms with van der Waals surface area (Å²) in [5.74, 6) is 2.26. The van der Waals surface area contributed by atoms with E-state index in [1.165, 1.54) is 22.6 Å². The Bertz CT molecular complexity index is 1650. The van der Waals surface area contributed by atoms with Gasteiger partial charge in [-0.05, 0) is 82.9 Å². The lowest BCUT2D eigenvalue weighted by Gasteiger charge is -2.51. The van der Waals surface area contributed by atoms with Gasteiger partial charge in [-0.1, -0.05) is 79.4 Å². The van der Waals surface area contributed by atoms with E-state index in [2.05, 4.69) is 90.9 Å². The van der Waals surface area contributed by atoms with Gasteiger partial charge in [0.25, 0.3) is 0 Å². The summed E-state index contributed by atoms with van der Waals surface area (Å²) in [7, 11) is 0. The standard InChI is InChI=1S/C35H35NO2/c1-4-10-31(32-21-27(37)16-15-23(32)3)35(33-19-25-17-18-36(33)22-24(25)5-2)38-34-20-26-11-6-7-12-28(26)29-13-8-9-14-30(29)34/h4-16,20-21,24-25,33,35,37H,2-3,17-19,22H2,1H3/b10-4-,32-31+/t24-,25-,33-,35+/m0/s1. The highest BCUT2D eigenvalue weighted by Gasteiger charge is 2.44. The van der Waals surface area contributed by atoms with E-state index >= 15 is 0 Å². The number of fused-ring (bicyclic) bond motifs is 6. The second-order valence-corrected chi connectivity index (χ2v) is 10.7. The van der Waals surface area contributed by atoms with E-state index in [1.807, 2.05) is 19.1 Å². The number of allylic oxidation sites excluding steroid dienone is 1. The molecular formula is C35H35NO2. The van der Waals surface area contributed by atoms with Gasteiger partial charge in [0.15, 0.2) is 0 Å². The molecule has 3 saturated heterocycles. The molecule has 3 heterocycles. The Labute approximate surface area is 224 Å². The highest BCUT2D eigenvalue weighted by atomic mass is 16.5. The number of phenolic OH excluding ortho intramolecular Hbond substituents is 1. The van der Waals surface area contributed by atoms with E-state index in [9.17, 15) is 5.11 Å². The number of hydrogen-bond acceptors (Lipinski definition) is 3. The van der Waals surface area contributed by atoms with Gasteiger partial charge in [0, 0.05) is 17.5 Å². The van der Waals surface area contributed by atoms with E-state index in [1.54, 1.807) is 6.07 Å². The van der Waals surface area contributed by atoms with E-state index < -0.39 is 0 Å². The fraction of sp³-hybridized carbons (Fsp3) is 0.257. The fourth-order valence-electron chi connectivity index (χ4n) is 6.65. The second kappa shape index (κ2) is 10.2. The monoisotopic (exact) mass is 501 g/mol. The van der Waals surface area contributed by atoms with Crippen molar-refractivity contribution in [3.8, 4) is 11.5 Å². The fourth-order valence-corrected chi connectivity index (χ4v) is 6.65. The third kappa shape index (κ3) is 4.31. The molecule has 3 heteroatoms. The van der Waals surface area contributed by atoms with Crippen molar-refractivity contribution in [3.05, 3.63) is 108 Å². The zero-order chi connectivity index (χ0) is 26.2. The van der Waals surface area contributed by atoms with Crippen LogP contribution < -0.4 is 15.2 Å². The van der Waals surface area contributed by atoms with Crippen LogP contribution in [0.5, 0.6) is 11.5 Å². The summed E-state index contributed by atoms with van der Waals surface area (Å²) in [6, 6.07) is 24.8. The molecule has 192 valence electrons. The van der Waals surface area contributed by atoms with Crippen LogP contribution in [0.4, 0.5) is 0 Å². The maximum absolute atomic E-state index is 10.4. The number of benzene rings is 4. The Morgan fingerprint density at radius 2 is 1.79 bits per heavy atom. The van der Waals surface area contributed by atoms with Crippen molar-refractivity contribution < 1.29 is 9.84 Å². The smallest absolute Gasteiger partial charge is 0.140 e. The van der Waals surface area contributed by atoms with E-state index in [4.69, 9.17) is 4.74 Å². The molecule has 3 aliphatic rings. The van der Waals surface area contributed by atoms with E-state index in [0.29, 0.717) is 11.8 Å². The summed E-state index contributed by atoms with van der Waals surface area (Å²) < 4.78 is 7.20. The molecule has 0 aliphatic carbocycles. The summed E-state index contributed by atoms with van der Waals surface area (Å²) in [6.45, 7) is 12.6. The number of hydrogen-bond donors (Lipinski definition) is 1. The van der Waals surface area contributed by atoms with Gasteiger partial charge in [-0.2, -0.15) is 0 Å². The van der Waals surface area contributed by atoms with Crippen LogP contribution >= 0.6 is 0 Å². The van der Waals surface area contributed by atoms with E-state index in [0.717, 1.165) is 46.7 Å². The van der Waals surface area contributed by atoms with Crippen molar-refractivity contribution in [1.82, 2.24) is 4.90 Å². The summed E-state index contributed by atoms with van der Waals surface area (Å²) in [5, 5.41) is 17.0. The molecule has 0 saturated carbocycles. The molecule has 4 aromatic rings. The minimum Gasteiger partial charge on any atom is -0.508 e. The van der Waals surface area contributed by atoms with Crippen molar-refractivity contribution in [1.29, 1.82) is 0 Å². The number of rotatable bonds is 6. The SMILES string of the molecule is C=C[C@H]1CN2CC[C@H]1C[C@H]2[C@H](Oc1cc2ccccc2c2ccccc12)C(/C=C\C)=c1\cc(O)ccc1=C. The van der Waals surface area contributed by atoms with Gasteiger partial charge in [-0.3, -0.25) is 4.90 Å². The lowest BCUT2D eigenvalue weighted by atomic mass is 9.73. The maximum atomic E-state index is 10.4. The Morgan fingerprint density at radius 3 is 2.53 bits per heavy atom. The molecule has 0 aromatic heterocycles. The first-order valence-electron chi connectivity index (χ1n) is 13.7. The summed E-state index contributed by atoms with van der Waals surface area (Å²) in [5.41, 5.74) is 1.05. The molecule has 3 aliphatic heterocycles. The lowest BCUT2D eigenvalue weighted by Crippen LogP contribution is -2.59. The quantitative estimate of drug-likeness (QED) is 0.253. The van der Waals surface area contributed by atoms with Crippen LogP contribution in [-0.4, -0.2) is 35.2 Å². The van der Waals surface area contributed by atoms with Gasteiger partial charge in [-0.15, -0.1) is 6.58 Å². The van der Waals surface area contributed by atoms with Crippen LogP contribution in [0.25, 0.3) is 33.7 Å². The van der Waals surface area contributed by atoms with Gasteiger partial charge in [0.1, 0.15) is 17.6 Å². The third-order valence-electron chi connectivity index (χ3n) is 8.54. The molecule has 3 nitrogen and oxygen atoms in total. The molecule has 7 rings (SSSR count). The third-order valence-corrected chi connectivity index (χ3v) is 8.54. The Kier molecular flexibility index (Phi) is 6.55. The summed E-state index contributed by atoms with van der Waals surface area (Å²) >= 11 is 0. The van der Waals surface area contributed by atoms with Crippen LogP contribution in [0, 0.1) is 11.8 Å². The number of aromatic hydroxyl groups is 1. The minimum absolute atomic E-state index is 0.211. The summed E-state index contributed by atoms with van der Waals surface area (Å²) in [6.07, 6.45) is 8.37. The molecule has 1 unspecified atom stereocenters. The van der Waals surface area contributed by atoms with Gasteiger partial charge in [0.2, 0.25) is 0 Å². The minimum atomic E-state index is -0.230. The van der Waals surface area contributed by atoms with Crippen LogP contribution in [0.3, 0.4) is 0 Å². The van der Waals surface area contributed by atoms with Crippen LogP contribution in [0.2, 0.25) is 0 Å². The van der Waals surface area contributed by atoms with Crippen LogP contribution in [0.1, 0.15) is 19.8 Å². The molecule has 4 aromatic carbocycles. The average Bonchev–Trinajstić information content (AvgIpc) is 2.96. The van der Waals surface area contributed by atoms with Gasteiger partial charge in [0.05, 0.1) is 6.04 Å². The highest BCUT2D eigenvalue weighted by molar-refractivity contribution is 6.10. The zero-order valence-electron chi connectivity index (χ0n) is 22.0. The Balaban J connectivity index is 1.57. The molecular weight excluding hydrogens is 466 g/mol. The first kappa shape index (κ1) is 24.5. The zero-order valence-corrected chi connectivity index (χ0v) is 22.0. The maximum Gasteiger partial charge on any atom is 0.140 e. The molecule has 0 amide bonds.